The van der Waals surface area contributed by atoms with Gasteiger partial charge in [0.05, 0.1) is 42.2 Å². The third-order valence-corrected chi connectivity index (χ3v) is 3.95. The summed E-state index contributed by atoms with van der Waals surface area (Å²) in [5.74, 6) is 0. The Hall–Kier alpha value is -1.31. The molecular formula is C15H25ClN4O3. The highest BCUT2D eigenvalue weighted by Gasteiger charge is 2.37. The first-order chi connectivity index (χ1) is 10.7. The van der Waals surface area contributed by atoms with Crippen LogP contribution >= 0.6 is 11.6 Å². The van der Waals surface area contributed by atoms with Crippen molar-refractivity contribution in [2.75, 3.05) is 19.8 Å². The van der Waals surface area contributed by atoms with Gasteiger partial charge in [-0.3, -0.25) is 9.58 Å². The summed E-state index contributed by atoms with van der Waals surface area (Å²) in [5.41, 5.74) is 6.55. The van der Waals surface area contributed by atoms with Gasteiger partial charge < -0.3 is 15.2 Å². The Kier molecular flexibility index (Phi) is 5.54. The molecule has 1 aromatic heterocycles. The Morgan fingerprint density at radius 3 is 2.91 bits per heavy atom. The largest absolute Gasteiger partial charge is 0.444 e. The van der Waals surface area contributed by atoms with Gasteiger partial charge in [-0.25, -0.2) is 4.79 Å². The Morgan fingerprint density at radius 2 is 2.30 bits per heavy atom. The average Bonchev–Trinajstić information content (AvgIpc) is 2.85. The van der Waals surface area contributed by atoms with E-state index in [0.29, 0.717) is 37.0 Å². The number of carbonyl (C=O) groups excluding carboxylic acids is 1. The fourth-order valence-corrected chi connectivity index (χ4v) is 2.87. The van der Waals surface area contributed by atoms with Crippen LogP contribution in [-0.4, -0.2) is 52.2 Å². The predicted octanol–water partition coefficient (Wildman–Crippen LogP) is 2.19. The van der Waals surface area contributed by atoms with Gasteiger partial charge in [-0.1, -0.05) is 11.6 Å². The standard InChI is InChI=1S/C15H25ClN4O3/c1-5-20-13(10(16)8-18-20)12(17)11-9-22-7-6-19(11)14(21)23-15(2,3)4/h8,11-12H,5-7,9,17H2,1-4H3. The molecule has 0 radical (unpaired) electrons. The van der Waals surface area contributed by atoms with E-state index >= 15 is 0 Å². The zero-order valence-electron chi connectivity index (χ0n) is 14.1. The second kappa shape index (κ2) is 7.07. The lowest BCUT2D eigenvalue weighted by atomic mass is 10.0. The minimum absolute atomic E-state index is 0.339. The summed E-state index contributed by atoms with van der Waals surface area (Å²) in [6.45, 7) is 9.36. The Balaban J connectivity index is 2.23. The first-order valence-corrected chi connectivity index (χ1v) is 8.16. The van der Waals surface area contributed by atoms with Gasteiger partial charge in [-0.05, 0) is 27.7 Å². The summed E-state index contributed by atoms with van der Waals surface area (Å²) in [6, 6.07) is -0.851. The van der Waals surface area contributed by atoms with E-state index in [4.69, 9.17) is 26.8 Å². The monoisotopic (exact) mass is 344 g/mol. The van der Waals surface area contributed by atoms with Crippen molar-refractivity contribution in [3.05, 3.63) is 16.9 Å². The topological polar surface area (TPSA) is 82.6 Å². The molecule has 8 heteroatoms. The van der Waals surface area contributed by atoms with E-state index in [9.17, 15) is 4.79 Å². The van der Waals surface area contributed by atoms with Gasteiger partial charge in [0.25, 0.3) is 0 Å². The molecule has 1 fully saturated rings. The minimum atomic E-state index is -0.563. The number of ether oxygens (including phenoxy) is 2. The van der Waals surface area contributed by atoms with Crippen LogP contribution in [0, 0.1) is 0 Å². The molecule has 7 nitrogen and oxygen atoms in total. The van der Waals surface area contributed by atoms with Crippen LogP contribution in [0.25, 0.3) is 0 Å². The number of hydrogen-bond acceptors (Lipinski definition) is 5. The van der Waals surface area contributed by atoms with Gasteiger partial charge in [-0.15, -0.1) is 0 Å². The van der Waals surface area contributed by atoms with Crippen LogP contribution in [0.5, 0.6) is 0 Å². The summed E-state index contributed by atoms with van der Waals surface area (Å²) >= 11 is 6.23. The van der Waals surface area contributed by atoms with Gasteiger partial charge in [0.1, 0.15) is 5.60 Å². The maximum atomic E-state index is 12.5. The molecular weight excluding hydrogens is 320 g/mol. The van der Waals surface area contributed by atoms with Gasteiger partial charge in [0.2, 0.25) is 0 Å². The quantitative estimate of drug-likeness (QED) is 0.908. The zero-order valence-corrected chi connectivity index (χ0v) is 14.8. The van der Waals surface area contributed by atoms with Crippen LogP contribution in [0.2, 0.25) is 5.02 Å². The normalized spacial score (nSPS) is 20.4. The van der Waals surface area contributed by atoms with Crippen LogP contribution in [-0.2, 0) is 16.0 Å². The third-order valence-electron chi connectivity index (χ3n) is 3.66. The maximum absolute atomic E-state index is 12.5. The highest BCUT2D eigenvalue weighted by molar-refractivity contribution is 6.31. The van der Waals surface area contributed by atoms with Crippen LogP contribution in [0.3, 0.4) is 0 Å². The summed E-state index contributed by atoms with van der Waals surface area (Å²) in [6.07, 6.45) is 1.18. The van der Waals surface area contributed by atoms with Crippen molar-refractivity contribution in [3.8, 4) is 0 Å². The lowest BCUT2D eigenvalue weighted by molar-refractivity contribution is -0.0387. The molecule has 2 unspecified atom stereocenters. The molecule has 1 aromatic rings. The molecule has 0 saturated carbocycles. The molecule has 1 saturated heterocycles. The number of rotatable bonds is 3. The fraction of sp³-hybridized carbons (Fsp3) is 0.733. The van der Waals surface area contributed by atoms with Crippen molar-refractivity contribution in [1.82, 2.24) is 14.7 Å². The predicted molar refractivity (Wildman–Crippen MR) is 87.4 cm³/mol. The third kappa shape index (κ3) is 4.16. The second-order valence-electron chi connectivity index (χ2n) is 6.54. The number of hydrogen-bond donors (Lipinski definition) is 1. The number of aromatic nitrogens is 2. The van der Waals surface area contributed by atoms with Crippen molar-refractivity contribution in [2.24, 2.45) is 5.73 Å². The number of nitrogens with two attached hydrogens (primary N) is 1. The molecule has 0 bridgehead atoms. The highest BCUT2D eigenvalue weighted by atomic mass is 35.5. The molecule has 0 aliphatic carbocycles. The number of halogens is 1. The lowest BCUT2D eigenvalue weighted by Gasteiger charge is -2.39. The van der Waals surface area contributed by atoms with E-state index < -0.39 is 11.6 Å². The highest BCUT2D eigenvalue weighted by Crippen LogP contribution is 2.28. The summed E-state index contributed by atoms with van der Waals surface area (Å²) in [7, 11) is 0. The second-order valence-corrected chi connectivity index (χ2v) is 6.94. The van der Waals surface area contributed by atoms with Gasteiger partial charge in [0.15, 0.2) is 0 Å². The van der Waals surface area contributed by atoms with Crippen molar-refractivity contribution in [3.63, 3.8) is 0 Å². The van der Waals surface area contributed by atoms with Gasteiger partial charge >= 0.3 is 6.09 Å². The Morgan fingerprint density at radius 1 is 1.61 bits per heavy atom. The molecule has 0 spiro atoms. The molecule has 2 rings (SSSR count). The van der Waals surface area contributed by atoms with Gasteiger partial charge in [-0.2, -0.15) is 5.10 Å². The van der Waals surface area contributed by atoms with Crippen LogP contribution in [0.15, 0.2) is 6.20 Å². The molecule has 0 aromatic carbocycles. The number of morpholine rings is 1. The molecule has 1 aliphatic rings. The Labute approximate surface area is 141 Å². The fourth-order valence-electron chi connectivity index (χ4n) is 2.61. The van der Waals surface area contributed by atoms with E-state index in [0.717, 1.165) is 0 Å². The molecule has 2 heterocycles. The van der Waals surface area contributed by atoms with Crippen LogP contribution < -0.4 is 5.73 Å². The molecule has 130 valence electrons. The van der Waals surface area contributed by atoms with Crippen molar-refractivity contribution in [2.45, 2.75) is 51.9 Å². The van der Waals surface area contributed by atoms with Crippen molar-refractivity contribution in [1.29, 1.82) is 0 Å². The Bertz CT molecular complexity index is 555. The lowest BCUT2D eigenvalue weighted by Crippen LogP contribution is -2.54. The van der Waals surface area contributed by atoms with E-state index in [-0.39, 0.29) is 12.1 Å². The van der Waals surface area contributed by atoms with E-state index in [1.165, 1.54) is 0 Å². The summed E-state index contributed by atoms with van der Waals surface area (Å²) < 4.78 is 12.8. The average molecular weight is 345 g/mol. The number of aryl methyl sites for hydroxylation is 1. The van der Waals surface area contributed by atoms with Crippen LogP contribution in [0.1, 0.15) is 39.4 Å². The van der Waals surface area contributed by atoms with Crippen molar-refractivity contribution >= 4 is 17.7 Å². The number of amides is 1. The van der Waals surface area contributed by atoms with E-state index in [1.54, 1.807) is 15.8 Å². The summed E-state index contributed by atoms with van der Waals surface area (Å²) in [4.78, 5) is 14.1. The van der Waals surface area contributed by atoms with Crippen LogP contribution in [0.4, 0.5) is 4.79 Å². The molecule has 2 atom stereocenters. The minimum Gasteiger partial charge on any atom is -0.444 e. The molecule has 2 N–H and O–H groups in total. The van der Waals surface area contributed by atoms with Gasteiger partial charge in [0, 0.05) is 13.1 Å². The molecule has 1 amide bonds. The number of carbonyl (C=O) groups is 1. The smallest absolute Gasteiger partial charge is 0.410 e. The summed E-state index contributed by atoms with van der Waals surface area (Å²) in [5, 5.41) is 4.70. The first-order valence-electron chi connectivity index (χ1n) is 7.78. The maximum Gasteiger partial charge on any atom is 0.410 e. The SMILES string of the molecule is CCn1ncc(Cl)c1C(N)C1COCCN1C(=O)OC(C)(C)C. The van der Waals surface area contributed by atoms with Crippen molar-refractivity contribution < 1.29 is 14.3 Å². The molecule has 1 aliphatic heterocycles. The molecule has 23 heavy (non-hydrogen) atoms. The number of nitrogens with zero attached hydrogens (tertiary/aromatic N) is 3. The van der Waals surface area contributed by atoms with E-state index in [1.807, 2.05) is 27.7 Å². The van der Waals surface area contributed by atoms with E-state index in [2.05, 4.69) is 5.10 Å². The first kappa shape index (κ1) is 18.0. The zero-order chi connectivity index (χ0) is 17.2.